The van der Waals surface area contributed by atoms with Crippen molar-refractivity contribution in [3.05, 3.63) is 17.6 Å². The van der Waals surface area contributed by atoms with Crippen LogP contribution in [0.25, 0.3) is 0 Å². The van der Waals surface area contributed by atoms with Crippen LogP contribution in [-0.2, 0) is 6.54 Å². The van der Waals surface area contributed by atoms with Crippen molar-refractivity contribution in [1.29, 1.82) is 0 Å². The summed E-state index contributed by atoms with van der Waals surface area (Å²) in [7, 11) is 0. The Morgan fingerprint density at radius 3 is 2.92 bits per heavy atom. The van der Waals surface area contributed by atoms with Gasteiger partial charge >= 0.3 is 0 Å². The van der Waals surface area contributed by atoms with E-state index in [0.717, 1.165) is 18.7 Å². The number of nitrogens with one attached hydrogen (secondary N) is 1. The predicted octanol–water partition coefficient (Wildman–Crippen LogP) is 0.477. The van der Waals surface area contributed by atoms with Gasteiger partial charge in [-0.15, -0.1) is 0 Å². The second kappa shape index (κ2) is 4.01. The first-order valence-electron chi connectivity index (χ1n) is 4.02. The van der Waals surface area contributed by atoms with Gasteiger partial charge in [-0.2, -0.15) is 0 Å². The molecule has 0 aliphatic heterocycles. The fourth-order valence-electron chi connectivity index (χ4n) is 0.908. The van der Waals surface area contributed by atoms with E-state index >= 15 is 0 Å². The van der Waals surface area contributed by atoms with Crippen molar-refractivity contribution in [2.45, 2.75) is 20.4 Å². The lowest BCUT2D eigenvalue weighted by molar-refractivity contribution is 0.722. The van der Waals surface area contributed by atoms with Crippen LogP contribution in [0.2, 0.25) is 0 Å². The van der Waals surface area contributed by atoms with E-state index in [1.807, 2.05) is 13.8 Å². The van der Waals surface area contributed by atoms with E-state index in [0.29, 0.717) is 11.6 Å². The average Bonchev–Trinajstić information content (AvgIpc) is 2.03. The Kier molecular flexibility index (Phi) is 2.99. The molecule has 3 N–H and O–H groups in total. The normalized spacial score (nSPS) is 10.2. The summed E-state index contributed by atoms with van der Waals surface area (Å²) in [6, 6.07) is 0. The summed E-state index contributed by atoms with van der Waals surface area (Å²) < 4.78 is 0. The van der Waals surface area contributed by atoms with Gasteiger partial charge in [0.1, 0.15) is 11.6 Å². The molecular weight excluding hydrogens is 152 g/mol. The van der Waals surface area contributed by atoms with E-state index in [2.05, 4.69) is 15.3 Å². The Hall–Kier alpha value is -1.16. The lowest BCUT2D eigenvalue weighted by Gasteiger charge is -2.04. The van der Waals surface area contributed by atoms with Crippen molar-refractivity contribution < 1.29 is 0 Å². The second-order valence-corrected chi connectivity index (χ2v) is 2.61. The summed E-state index contributed by atoms with van der Waals surface area (Å²) >= 11 is 0. The fraction of sp³-hybridized carbons (Fsp3) is 0.500. The van der Waals surface area contributed by atoms with Gasteiger partial charge < -0.3 is 11.1 Å². The molecule has 0 atom stereocenters. The number of nitrogens with zero attached hydrogens (tertiary/aromatic N) is 2. The van der Waals surface area contributed by atoms with Crippen molar-refractivity contribution in [2.75, 3.05) is 12.3 Å². The summed E-state index contributed by atoms with van der Waals surface area (Å²) in [6.45, 7) is 5.54. The minimum atomic E-state index is 0.573. The summed E-state index contributed by atoms with van der Waals surface area (Å²) in [4.78, 5) is 8.11. The number of aryl methyl sites for hydroxylation is 1. The van der Waals surface area contributed by atoms with E-state index < -0.39 is 0 Å². The van der Waals surface area contributed by atoms with Crippen LogP contribution in [0.4, 0.5) is 5.82 Å². The highest BCUT2D eigenvalue weighted by atomic mass is 15.0. The van der Waals surface area contributed by atoms with E-state index in [1.54, 1.807) is 6.20 Å². The van der Waals surface area contributed by atoms with Gasteiger partial charge in [0.15, 0.2) is 0 Å². The molecule has 1 heterocycles. The van der Waals surface area contributed by atoms with Crippen LogP contribution in [0.5, 0.6) is 0 Å². The number of nitrogen functional groups attached to an aromatic ring is 1. The maximum absolute atomic E-state index is 5.67. The molecule has 4 nitrogen and oxygen atoms in total. The van der Waals surface area contributed by atoms with Crippen LogP contribution in [0.15, 0.2) is 6.20 Å². The Morgan fingerprint density at radius 1 is 1.58 bits per heavy atom. The third-order valence-electron chi connectivity index (χ3n) is 1.58. The number of hydrogen-bond donors (Lipinski definition) is 2. The van der Waals surface area contributed by atoms with Crippen LogP contribution >= 0.6 is 0 Å². The standard InChI is InChI=1S/C8H14N4/c1-3-10-4-7-5-11-6(2)12-8(7)9/h5,10H,3-4H2,1-2H3,(H2,9,11,12). The third-order valence-corrected chi connectivity index (χ3v) is 1.58. The Balaban J connectivity index is 2.72. The average molecular weight is 166 g/mol. The van der Waals surface area contributed by atoms with Gasteiger partial charge in [-0.3, -0.25) is 0 Å². The zero-order chi connectivity index (χ0) is 8.97. The molecule has 4 heteroatoms. The lowest BCUT2D eigenvalue weighted by atomic mass is 10.3. The molecule has 0 aromatic carbocycles. The van der Waals surface area contributed by atoms with Gasteiger partial charge in [0, 0.05) is 18.3 Å². The predicted molar refractivity (Wildman–Crippen MR) is 48.6 cm³/mol. The highest BCUT2D eigenvalue weighted by molar-refractivity contribution is 5.37. The first-order valence-corrected chi connectivity index (χ1v) is 4.02. The Bertz CT molecular complexity index is 259. The molecule has 0 amide bonds. The van der Waals surface area contributed by atoms with Crippen molar-refractivity contribution in [2.24, 2.45) is 0 Å². The van der Waals surface area contributed by atoms with Crippen molar-refractivity contribution in [3.63, 3.8) is 0 Å². The van der Waals surface area contributed by atoms with Gasteiger partial charge in [0.25, 0.3) is 0 Å². The molecular formula is C8H14N4. The Morgan fingerprint density at radius 2 is 2.33 bits per heavy atom. The molecule has 66 valence electrons. The number of aromatic nitrogens is 2. The largest absolute Gasteiger partial charge is 0.383 e. The van der Waals surface area contributed by atoms with Crippen molar-refractivity contribution in [3.8, 4) is 0 Å². The van der Waals surface area contributed by atoms with Crippen LogP contribution in [-0.4, -0.2) is 16.5 Å². The maximum atomic E-state index is 5.67. The van der Waals surface area contributed by atoms with E-state index in [4.69, 9.17) is 5.73 Å². The van der Waals surface area contributed by atoms with Crippen LogP contribution in [0.3, 0.4) is 0 Å². The molecule has 1 aromatic heterocycles. The summed E-state index contributed by atoms with van der Waals surface area (Å²) in [5.74, 6) is 1.29. The quantitative estimate of drug-likeness (QED) is 0.685. The summed E-state index contributed by atoms with van der Waals surface area (Å²) in [5, 5.41) is 3.16. The molecule has 0 bridgehead atoms. The summed E-state index contributed by atoms with van der Waals surface area (Å²) in [6.07, 6.45) is 1.76. The number of nitrogens with two attached hydrogens (primary N) is 1. The second-order valence-electron chi connectivity index (χ2n) is 2.61. The summed E-state index contributed by atoms with van der Waals surface area (Å²) in [5.41, 5.74) is 6.63. The van der Waals surface area contributed by atoms with E-state index in [1.165, 1.54) is 0 Å². The van der Waals surface area contributed by atoms with Crippen LogP contribution in [0, 0.1) is 6.92 Å². The molecule has 0 unspecified atom stereocenters. The smallest absolute Gasteiger partial charge is 0.131 e. The molecule has 1 rings (SSSR count). The molecule has 0 spiro atoms. The van der Waals surface area contributed by atoms with E-state index in [9.17, 15) is 0 Å². The minimum Gasteiger partial charge on any atom is -0.383 e. The van der Waals surface area contributed by atoms with E-state index in [-0.39, 0.29) is 0 Å². The molecule has 0 aliphatic rings. The van der Waals surface area contributed by atoms with Gasteiger partial charge in [0.05, 0.1) is 0 Å². The SMILES string of the molecule is CCNCc1cnc(C)nc1N. The van der Waals surface area contributed by atoms with Gasteiger partial charge in [-0.25, -0.2) is 9.97 Å². The van der Waals surface area contributed by atoms with Crippen molar-refractivity contribution >= 4 is 5.82 Å². The Labute approximate surface area is 72.2 Å². The molecule has 0 saturated heterocycles. The number of hydrogen-bond acceptors (Lipinski definition) is 4. The number of anilines is 1. The van der Waals surface area contributed by atoms with Crippen molar-refractivity contribution in [1.82, 2.24) is 15.3 Å². The van der Waals surface area contributed by atoms with Gasteiger partial charge in [-0.1, -0.05) is 6.92 Å². The van der Waals surface area contributed by atoms with Gasteiger partial charge in [0.2, 0.25) is 0 Å². The molecule has 0 aliphatic carbocycles. The topological polar surface area (TPSA) is 63.8 Å². The molecule has 1 aromatic rings. The first kappa shape index (κ1) is 8.93. The lowest BCUT2D eigenvalue weighted by Crippen LogP contribution is -2.14. The zero-order valence-corrected chi connectivity index (χ0v) is 7.46. The maximum Gasteiger partial charge on any atom is 0.131 e. The first-order chi connectivity index (χ1) is 5.74. The monoisotopic (exact) mass is 166 g/mol. The zero-order valence-electron chi connectivity index (χ0n) is 7.46. The molecule has 0 radical (unpaired) electrons. The molecule has 0 saturated carbocycles. The number of rotatable bonds is 3. The molecule has 0 fully saturated rings. The van der Waals surface area contributed by atoms with Gasteiger partial charge in [-0.05, 0) is 13.5 Å². The highest BCUT2D eigenvalue weighted by Crippen LogP contribution is 2.05. The minimum absolute atomic E-state index is 0.573. The fourth-order valence-corrected chi connectivity index (χ4v) is 0.908. The van der Waals surface area contributed by atoms with Crippen LogP contribution in [0.1, 0.15) is 18.3 Å². The third kappa shape index (κ3) is 2.17. The van der Waals surface area contributed by atoms with Crippen LogP contribution < -0.4 is 11.1 Å². The highest BCUT2D eigenvalue weighted by Gasteiger charge is 1.99. The molecule has 12 heavy (non-hydrogen) atoms.